The van der Waals surface area contributed by atoms with Gasteiger partial charge < -0.3 is 10.1 Å². The molecule has 16 heavy (non-hydrogen) atoms. The van der Waals surface area contributed by atoms with Gasteiger partial charge >= 0.3 is 5.97 Å². The van der Waals surface area contributed by atoms with Crippen LogP contribution in [0.25, 0.3) is 0 Å². The van der Waals surface area contributed by atoms with Gasteiger partial charge in [0, 0.05) is 12.8 Å². The summed E-state index contributed by atoms with van der Waals surface area (Å²) in [5.41, 5.74) is -0.554. The standard InChI is InChI=1S/C11H19F2NO2/c1-10(2,3)16-9(15)4-8-5-11(12,13)7-14-6-8/h8,14H,4-7H2,1-3H3. The zero-order valence-electron chi connectivity index (χ0n) is 9.98. The Kier molecular flexibility index (Phi) is 3.88. The van der Waals surface area contributed by atoms with Gasteiger partial charge in [0.25, 0.3) is 5.92 Å². The second-order valence-corrected chi connectivity index (χ2v) is 5.35. The van der Waals surface area contributed by atoms with Gasteiger partial charge in [0.15, 0.2) is 0 Å². The van der Waals surface area contributed by atoms with Crippen LogP contribution < -0.4 is 5.32 Å². The zero-order valence-corrected chi connectivity index (χ0v) is 9.98. The summed E-state index contributed by atoms with van der Waals surface area (Å²) in [7, 11) is 0. The predicted molar refractivity (Wildman–Crippen MR) is 56.4 cm³/mol. The van der Waals surface area contributed by atoms with Crippen molar-refractivity contribution in [2.24, 2.45) is 5.92 Å². The number of alkyl halides is 2. The van der Waals surface area contributed by atoms with Crippen LogP contribution in [-0.2, 0) is 9.53 Å². The molecule has 0 aromatic heterocycles. The molecular weight excluding hydrogens is 216 g/mol. The first-order chi connectivity index (χ1) is 7.18. The fourth-order valence-corrected chi connectivity index (χ4v) is 1.79. The first kappa shape index (κ1) is 13.4. The van der Waals surface area contributed by atoms with Gasteiger partial charge in [0.05, 0.1) is 6.54 Å². The third-order valence-corrected chi connectivity index (χ3v) is 2.28. The van der Waals surface area contributed by atoms with Gasteiger partial charge in [-0.25, -0.2) is 8.78 Å². The van der Waals surface area contributed by atoms with E-state index in [1.807, 2.05) is 0 Å². The molecular formula is C11H19F2NO2. The van der Waals surface area contributed by atoms with Crippen molar-refractivity contribution in [1.82, 2.24) is 5.32 Å². The highest BCUT2D eigenvalue weighted by Gasteiger charge is 2.37. The van der Waals surface area contributed by atoms with Crippen molar-refractivity contribution in [2.75, 3.05) is 13.1 Å². The van der Waals surface area contributed by atoms with Gasteiger partial charge in [0.1, 0.15) is 5.60 Å². The smallest absolute Gasteiger partial charge is 0.306 e. The van der Waals surface area contributed by atoms with Crippen LogP contribution in [0.4, 0.5) is 8.78 Å². The molecule has 1 aliphatic rings. The minimum absolute atomic E-state index is 0.0554. The average molecular weight is 235 g/mol. The van der Waals surface area contributed by atoms with Gasteiger partial charge in [-0.3, -0.25) is 4.79 Å². The van der Waals surface area contributed by atoms with Crippen LogP contribution in [0.2, 0.25) is 0 Å². The van der Waals surface area contributed by atoms with E-state index in [4.69, 9.17) is 4.74 Å². The molecule has 0 aliphatic carbocycles. The minimum atomic E-state index is -2.70. The fourth-order valence-electron chi connectivity index (χ4n) is 1.79. The lowest BCUT2D eigenvalue weighted by molar-refractivity contribution is -0.157. The third kappa shape index (κ3) is 4.88. The van der Waals surface area contributed by atoms with Crippen molar-refractivity contribution in [3.63, 3.8) is 0 Å². The Morgan fingerprint density at radius 3 is 2.62 bits per heavy atom. The van der Waals surface area contributed by atoms with E-state index in [1.165, 1.54) is 0 Å². The molecule has 1 fully saturated rings. The number of hydrogen-bond donors (Lipinski definition) is 1. The molecule has 1 rings (SSSR count). The summed E-state index contributed by atoms with van der Waals surface area (Å²) < 4.78 is 31.2. The van der Waals surface area contributed by atoms with Crippen molar-refractivity contribution in [3.05, 3.63) is 0 Å². The molecule has 0 spiro atoms. The highest BCUT2D eigenvalue weighted by molar-refractivity contribution is 5.70. The summed E-state index contributed by atoms with van der Waals surface area (Å²) in [6.07, 6.45) is -0.181. The molecule has 0 amide bonds. The summed E-state index contributed by atoms with van der Waals surface area (Å²) in [6, 6.07) is 0. The zero-order chi connectivity index (χ0) is 12.4. The lowest BCUT2D eigenvalue weighted by Crippen LogP contribution is -2.44. The van der Waals surface area contributed by atoms with Gasteiger partial charge in [-0.05, 0) is 33.2 Å². The van der Waals surface area contributed by atoms with Gasteiger partial charge in [-0.2, -0.15) is 0 Å². The van der Waals surface area contributed by atoms with Crippen LogP contribution >= 0.6 is 0 Å². The largest absolute Gasteiger partial charge is 0.460 e. The van der Waals surface area contributed by atoms with Gasteiger partial charge in [-0.1, -0.05) is 0 Å². The molecule has 94 valence electrons. The van der Waals surface area contributed by atoms with Crippen LogP contribution in [0, 0.1) is 5.92 Å². The summed E-state index contributed by atoms with van der Waals surface area (Å²) in [5, 5.41) is 2.64. The maximum Gasteiger partial charge on any atom is 0.306 e. The minimum Gasteiger partial charge on any atom is -0.460 e. The summed E-state index contributed by atoms with van der Waals surface area (Å²) >= 11 is 0. The van der Waals surface area contributed by atoms with E-state index in [9.17, 15) is 13.6 Å². The number of piperidine rings is 1. The SMILES string of the molecule is CC(C)(C)OC(=O)CC1CNCC(F)(F)C1. The number of carbonyl (C=O) groups is 1. The molecule has 0 aromatic carbocycles. The molecule has 1 heterocycles. The number of esters is 1. The normalized spacial score (nSPS) is 25.2. The monoisotopic (exact) mass is 235 g/mol. The molecule has 5 heteroatoms. The summed E-state index contributed by atoms with van der Waals surface area (Å²) in [4.78, 5) is 11.4. The van der Waals surface area contributed by atoms with E-state index in [2.05, 4.69) is 5.32 Å². The lowest BCUT2D eigenvalue weighted by Gasteiger charge is -2.30. The maximum atomic E-state index is 13.0. The first-order valence-corrected chi connectivity index (χ1v) is 5.48. The van der Waals surface area contributed by atoms with Crippen LogP contribution in [0.3, 0.4) is 0 Å². The Morgan fingerprint density at radius 2 is 2.12 bits per heavy atom. The molecule has 1 unspecified atom stereocenters. The molecule has 1 saturated heterocycles. The maximum absolute atomic E-state index is 13.0. The van der Waals surface area contributed by atoms with Crippen molar-refractivity contribution in [2.45, 2.75) is 45.1 Å². The molecule has 0 radical (unpaired) electrons. The molecule has 0 saturated carbocycles. The Balaban J connectivity index is 2.40. The topological polar surface area (TPSA) is 38.3 Å². The van der Waals surface area contributed by atoms with E-state index >= 15 is 0 Å². The summed E-state index contributed by atoms with van der Waals surface area (Å²) in [6.45, 7) is 5.45. The van der Waals surface area contributed by atoms with Crippen molar-refractivity contribution >= 4 is 5.97 Å². The number of hydrogen-bond acceptors (Lipinski definition) is 3. The number of nitrogens with one attached hydrogen (secondary N) is 1. The molecule has 1 atom stereocenters. The Hall–Kier alpha value is -0.710. The van der Waals surface area contributed by atoms with E-state index in [-0.39, 0.29) is 25.3 Å². The number of carbonyl (C=O) groups excluding carboxylic acids is 1. The predicted octanol–water partition coefficient (Wildman–Crippen LogP) is 1.96. The van der Waals surface area contributed by atoms with E-state index in [0.29, 0.717) is 6.54 Å². The highest BCUT2D eigenvalue weighted by Crippen LogP contribution is 2.28. The van der Waals surface area contributed by atoms with Crippen molar-refractivity contribution in [1.29, 1.82) is 0 Å². The van der Waals surface area contributed by atoms with Crippen LogP contribution in [0.15, 0.2) is 0 Å². The second-order valence-electron chi connectivity index (χ2n) is 5.35. The van der Waals surface area contributed by atoms with Crippen molar-refractivity contribution < 1.29 is 18.3 Å². The Bertz CT molecular complexity index is 261. The number of ether oxygens (including phenoxy) is 1. The van der Waals surface area contributed by atoms with Crippen molar-refractivity contribution in [3.8, 4) is 0 Å². The quantitative estimate of drug-likeness (QED) is 0.744. The molecule has 1 N–H and O–H groups in total. The number of rotatable bonds is 2. The Labute approximate surface area is 94.5 Å². The van der Waals surface area contributed by atoms with Crippen LogP contribution in [0.5, 0.6) is 0 Å². The van der Waals surface area contributed by atoms with E-state index in [1.54, 1.807) is 20.8 Å². The fraction of sp³-hybridized carbons (Fsp3) is 0.909. The number of halogens is 2. The Morgan fingerprint density at radius 1 is 1.50 bits per heavy atom. The van der Waals surface area contributed by atoms with Gasteiger partial charge in [0.2, 0.25) is 0 Å². The third-order valence-electron chi connectivity index (χ3n) is 2.28. The summed E-state index contributed by atoms with van der Waals surface area (Å²) in [5.74, 6) is -3.44. The highest BCUT2D eigenvalue weighted by atomic mass is 19.3. The average Bonchev–Trinajstić information content (AvgIpc) is 1.96. The van der Waals surface area contributed by atoms with E-state index < -0.39 is 17.5 Å². The lowest BCUT2D eigenvalue weighted by atomic mass is 9.94. The molecule has 0 bridgehead atoms. The molecule has 3 nitrogen and oxygen atoms in total. The molecule has 1 aliphatic heterocycles. The van der Waals surface area contributed by atoms with Gasteiger partial charge in [-0.15, -0.1) is 0 Å². The van der Waals surface area contributed by atoms with Crippen LogP contribution in [-0.4, -0.2) is 30.6 Å². The molecule has 0 aromatic rings. The second kappa shape index (κ2) is 4.65. The first-order valence-electron chi connectivity index (χ1n) is 5.48. The van der Waals surface area contributed by atoms with Crippen LogP contribution in [0.1, 0.15) is 33.6 Å². The van der Waals surface area contributed by atoms with E-state index in [0.717, 1.165) is 0 Å².